The summed E-state index contributed by atoms with van der Waals surface area (Å²) in [6.45, 7) is 2.30. The fourth-order valence-corrected chi connectivity index (χ4v) is 3.69. The minimum atomic E-state index is 0.253. The van der Waals surface area contributed by atoms with Crippen molar-refractivity contribution in [1.29, 1.82) is 0 Å². The van der Waals surface area contributed by atoms with E-state index in [1.165, 1.54) is 29.7 Å². The molecule has 0 aliphatic heterocycles. The summed E-state index contributed by atoms with van der Waals surface area (Å²) in [6.07, 6.45) is 6.88. The Hall–Kier alpha value is -1.06. The molecule has 3 heteroatoms. The van der Waals surface area contributed by atoms with E-state index in [4.69, 9.17) is 5.73 Å². The van der Waals surface area contributed by atoms with Gasteiger partial charge in [-0.15, -0.1) is 0 Å². The van der Waals surface area contributed by atoms with E-state index in [1.54, 1.807) is 11.3 Å². The number of hydrogen-bond acceptors (Lipinski definition) is 2. The van der Waals surface area contributed by atoms with Crippen molar-refractivity contribution in [3.63, 3.8) is 0 Å². The summed E-state index contributed by atoms with van der Waals surface area (Å²) in [5.41, 5.74) is 10.5. The lowest BCUT2D eigenvalue weighted by atomic mass is 9.93. The molecule has 1 aliphatic carbocycles. The molecular formula is C15H20N2S. The van der Waals surface area contributed by atoms with Crippen LogP contribution in [0.15, 0.2) is 29.1 Å². The number of thiophene rings is 1. The molecule has 0 saturated carbocycles. The molecule has 0 amide bonds. The summed E-state index contributed by atoms with van der Waals surface area (Å²) in [5, 5.41) is 4.40. The van der Waals surface area contributed by atoms with Gasteiger partial charge >= 0.3 is 0 Å². The predicted molar refractivity (Wildman–Crippen MR) is 77.0 cm³/mol. The zero-order valence-corrected chi connectivity index (χ0v) is 11.6. The maximum Gasteiger partial charge on any atom is 0.0345 e. The largest absolute Gasteiger partial charge is 0.348 e. The summed E-state index contributed by atoms with van der Waals surface area (Å²) in [7, 11) is 0. The summed E-state index contributed by atoms with van der Waals surface area (Å²) in [6, 6.07) is 5.23. The molecule has 18 heavy (non-hydrogen) atoms. The maximum atomic E-state index is 6.18. The van der Waals surface area contributed by atoms with Crippen molar-refractivity contribution in [3.05, 3.63) is 45.9 Å². The fourth-order valence-electron chi connectivity index (χ4n) is 3.01. The Morgan fingerprint density at radius 3 is 3.17 bits per heavy atom. The molecule has 0 fully saturated rings. The summed E-state index contributed by atoms with van der Waals surface area (Å²) >= 11 is 1.78. The molecule has 2 aromatic rings. The third-order valence-corrected chi connectivity index (χ3v) is 4.71. The molecule has 96 valence electrons. The number of rotatable bonds is 3. The summed E-state index contributed by atoms with van der Waals surface area (Å²) in [4.78, 5) is 0. The molecule has 0 radical (unpaired) electrons. The lowest BCUT2D eigenvalue weighted by Crippen LogP contribution is -2.19. The molecule has 2 nitrogen and oxygen atoms in total. The Morgan fingerprint density at radius 2 is 2.39 bits per heavy atom. The van der Waals surface area contributed by atoms with Gasteiger partial charge in [0.1, 0.15) is 0 Å². The average Bonchev–Trinajstić information content (AvgIpc) is 2.98. The third-order valence-electron chi connectivity index (χ3n) is 3.97. The standard InChI is InChI=1S/C15H20N2S/c1-11(9-12-6-8-18-10-12)17-7-5-13-14(16)3-2-4-15(13)17/h5-8,10-11,14H,2-4,9,16H2,1H3. The van der Waals surface area contributed by atoms with Crippen LogP contribution in [0.4, 0.5) is 0 Å². The molecule has 2 atom stereocenters. The Labute approximate surface area is 112 Å². The van der Waals surface area contributed by atoms with Crippen molar-refractivity contribution in [3.8, 4) is 0 Å². The van der Waals surface area contributed by atoms with Gasteiger partial charge in [-0.2, -0.15) is 11.3 Å². The number of nitrogens with two attached hydrogens (primary N) is 1. The molecule has 2 aromatic heterocycles. The van der Waals surface area contributed by atoms with Crippen LogP contribution in [0.25, 0.3) is 0 Å². The van der Waals surface area contributed by atoms with E-state index < -0.39 is 0 Å². The van der Waals surface area contributed by atoms with Gasteiger partial charge in [0.25, 0.3) is 0 Å². The van der Waals surface area contributed by atoms with E-state index in [1.807, 2.05) is 0 Å². The van der Waals surface area contributed by atoms with Gasteiger partial charge in [0, 0.05) is 24.0 Å². The van der Waals surface area contributed by atoms with Crippen LogP contribution < -0.4 is 5.73 Å². The molecule has 0 spiro atoms. The van der Waals surface area contributed by atoms with E-state index in [0.717, 1.165) is 12.8 Å². The van der Waals surface area contributed by atoms with Gasteiger partial charge in [-0.3, -0.25) is 0 Å². The number of fused-ring (bicyclic) bond motifs is 1. The lowest BCUT2D eigenvalue weighted by Gasteiger charge is -2.23. The van der Waals surface area contributed by atoms with Crippen LogP contribution in [0.3, 0.4) is 0 Å². The Morgan fingerprint density at radius 1 is 1.50 bits per heavy atom. The van der Waals surface area contributed by atoms with Crippen LogP contribution in [0, 0.1) is 0 Å². The van der Waals surface area contributed by atoms with E-state index in [-0.39, 0.29) is 6.04 Å². The molecule has 1 aliphatic rings. The van der Waals surface area contributed by atoms with Crippen LogP contribution in [0.2, 0.25) is 0 Å². The summed E-state index contributed by atoms with van der Waals surface area (Å²) in [5.74, 6) is 0. The van der Waals surface area contributed by atoms with Crippen molar-refractivity contribution in [2.75, 3.05) is 0 Å². The Kier molecular flexibility index (Phi) is 3.27. The van der Waals surface area contributed by atoms with Gasteiger partial charge in [0.15, 0.2) is 0 Å². The van der Waals surface area contributed by atoms with Crippen molar-refractivity contribution in [2.45, 2.75) is 44.7 Å². The highest BCUT2D eigenvalue weighted by molar-refractivity contribution is 7.07. The van der Waals surface area contributed by atoms with Gasteiger partial charge in [-0.1, -0.05) is 0 Å². The molecule has 2 unspecified atom stereocenters. The molecule has 0 aromatic carbocycles. The van der Waals surface area contributed by atoms with Crippen molar-refractivity contribution >= 4 is 11.3 Å². The second-order valence-electron chi connectivity index (χ2n) is 5.31. The van der Waals surface area contributed by atoms with Crippen LogP contribution in [-0.4, -0.2) is 4.57 Å². The first-order valence-corrected chi connectivity index (χ1v) is 7.66. The first-order valence-electron chi connectivity index (χ1n) is 6.72. The molecular weight excluding hydrogens is 240 g/mol. The van der Waals surface area contributed by atoms with Crippen molar-refractivity contribution in [2.24, 2.45) is 5.73 Å². The smallest absolute Gasteiger partial charge is 0.0345 e. The monoisotopic (exact) mass is 260 g/mol. The average molecular weight is 260 g/mol. The van der Waals surface area contributed by atoms with Gasteiger partial charge in [-0.25, -0.2) is 0 Å². The topological polar surface area (TPSA) is 30.9 Å². The van der Waals surface area contributed by atoms with Crippen LogP contribution in [-0.2, 0) is 12.8 Å². The van der Waals surface area contributed by atoms with Crippen LogP contribution in [0.5, 0.6) is 0 Å². The SMILES string of the molecule is CC(Cc1ccsc1)n1ccc2c1CCCC2N. The van der Waals surface area contributed by atoms with Gasteiger partial charge in [0.2, 0.25) is 0 Å². The quantitative estimate of drug-likeness (QED) is 0.896. The number of aromatic nitrogens is 1. The fraction of sp³-hybridized carbons (Fsp3) is 0.467. The molecule has 0 bridgehead atoms. The van der Waals surface area contributed by atoms with Gasteiger partial charge in [-0.05, 0) is 66.6 Å². The van der Waals surface area contributed by atoms with E-state index in [2.05, 4.69) is 40.6 Å². The zero-order valence-electron chi connectivity index (χ0n) is 10.8. The summed E-state index contributed by atoms with van der Waals surface area (Å²) < 4.78 is 2.44. The van der Waals surface area contributed by atoms with E-state index >= 15 is 0 Å². The van der Waals surface area contributed by atoms with Crippen LogP contribution >= 0.6 is 11.3 Å². The molecule has 0 saturated heterocycles. The van der Waals surface area contributed by atoms with Crippen molar-refractivity contribution in [1.82, 2.24) is 4.57 Å². The normalized spacial score (nSPS) is 20.7. The Bertz CT molecular complexity index is 513. The Balaban J connectivity index is 1.84. The highest BCUT2D eigenvalue weighted by Gasteiger charge is 2.21. The number of nitrogens with zero attached hydrogens (tertiary/aromatic N) is 1. The second kappa shape index (κ2) is 4.90. The maximum absolute atomic E-state index is 6.18. The minimum Gasteiger partial charge on any atom is -0.348 e. The highest BCUT2D eigenvalue weighted by Crippen LogP contribution is 2.31. The lowest BCUT2D eigenvalue weighted by molar-refractivity contribution is 0.490. The predicted octanol–water partition coefficient (Wildman–Crippen LogP) is 3.69. The number of hydrogen-bond donors (Lipinski definition) is 1. The van der Waals surface area contributed by atoms with Crippen LogP contribution in [0.1, 0.15) is 48.7 Å². The first kappa shape index (κ1) is 12.0. The third kappa shape index (κ3) is 2.13. The minimum absolute atomic E-state index is 0.253. The van der Waals surface area contributed by atoms with Gasteiger partial charge in [0.05, 0.1) is 0 Å². The molecule has 2 heterocycles. The highest BCUT2D eigenvalue weighted by atomic mass is 32.1. The zero-order chi connectivity index (χ0) is 12.5. The first-order chi connectivity index (χ1) is 8.75. The van der Waals surface area contributed by atoms with E-state index in [0.29, 0.717) is 6.04 Å². The van der Waals surface area contributed by atoms with E-state index in [9.17, 15) is 0 Å². The van der Waals surface area contributed by atoms with Gasteiger partial charge < -0.3 is 10.3 Å². The second-order valence-corrected chi connectivity index (χ2v) is 6.09. The molecule has 2 N–H and O–H groups in total. The molecule has 3 rings (SSSR count). The van der Waals surface area contributed by atoms with Crippen molar-refractivity contribution < 1.29 is 0 Å².